The van der Waals surface area contributed by atoms with Crippen LogP contribution in [-0.4, -0.2) is 34.9 Å². The summed E-state index contributed by atoms with van der Waals surface area (Å²) in [6.45, 7) is 3.42. The lowest BCUT2D eigenvalue weighted by Gasteiger charge is -2.31. The first-order valence-electron chi connectivity index (χ1n) is 8.95. The van der Waals surface area contributed by atoms with Crippen molar-refractivity contribution in [2.75, 3.05) is 6.61 Å². The van der Waals surface area contributed by atoms with E-state index < -0.39 is 6.10 Å². The fourth-order valence-corrected chi connectivity index (χ4v) is 3.63. The molecular weight excluding hydrogens is 368 g/mol. The van der Waals surface area contributed by atoms with Crippen LogP contribution in [0.25, 0.3) is 0 Å². The summed E-state index contributed by atoms with van der Waals surface area (Å²) in [4.78, 5) is 0.322. The molecule has 0 unspecified atom stereocenters. The van der Waals surface area contributed by atoms with E-state index in [2.05, 4.69) is 47.1 Å². The average Bonchev–Trinajstić information content (AvgIpc) is 2.59. The smallest absolute Gasteiger partial charge is 0.0872 e. The van der Waals surface area contributed by atoms with Crippen molar-refractivity contribution in [3.8, 4) is 0 Å². The second kappa shape index (κ2) is 11.0. The van der Waals surface area contributed by atoms with Crippen LogP contribution >= 0.6 is 15.9 Å². The number of rotatable bonds is 8. The molecule has 2 rings (SSSR count). The Labute approximate surface area is 154 Å². The maximum Gasteiger partial charge on any atom is 0.0872 e. The number of hydrogen-bond donors (Lipinski definition) is 1. The molecular formula is C20H29BrO3. The number of allylic oxidation sites excluding steroid dienone is 1. The molecule has 134 valence electrons. The molecule has 0 spiro atoms. The van der Waals surface area contributed by atoms with Crippen LogP contribution in [-0.2, 0) is 16.1 Å². The van der Waals surface area contributed by atoms with Crippen molar-refractivity contribution >= 4 is 15.9 Å². The molecule has 0 fully saturated rings. The van der Waals surface area contributed by atoms with E-state index >= 15 is 0 Å². The second-order valence-electron chi connectivity index (χ2n) is 6.33. The van der Waals surface area contributed by atoms with Gasteiger partial charge in [0.05, 0.1) is 24.9 Å². The van der Waals surface area contributed by atoms with Crippen molar-refractivity contribution in [3.63, 3.8) is 0 Å². The van der Waals surface area contributed by atoms with Gasteiger partial charge in [0.1, 0.15) is 0 Å². The molecule has 1 aliphatic rings. The van der Waals surface area contributed by atoms with Crippen LogP contribution in [0.15, 0.2) is 42.5 Å². The van der Waals surface area contributed by atoms with Crippen molar-refractivity contribution in [2.45, 2.75) is 68.8 Å². The monoisotopic (exact) mass is 396 g/mol. The zero-order valence-corrected chi connectivity index (χ0v) is 16.0. The zero-order valence-electron chi connectivity index (χ0n) is 14.4. The Morgan fingerprint density at radius 3 is 2.75 bits per heavy atom. The predicted molar refractivity (Wildman–Crippen MR) is 101 cm³/mol. The van der Waals surface area contributed by atoms with Gasteiger partial charge >= 0.3 is 0 Å². The summed E-state index contributed by atoms with van der Waals surface area (Å²) in [6, 6.07) is 10.2. The van der Waals surface area contributed by atoms with E-state index in [4.69, 9.17) is 9.47 Å². The molecule has 0 aliphatic carbocycles. The number of ether oxygens (including phenoxy) is 2. The van der Waals surface area contributed by atoms with E-state index in [1.165, 1.54) is 5.56 Å². The molecule has 3 nitrogen and oxygen atoms in total. The van der Waals surface area contributed by atoms with Gasteiger partial charge in [0.15, 0.2) is 0 Å². The maximum absolute atomic E-state index is 10.5. The number of benzene rings is 1. The summed E-state index contributed by atoms with van der Waals surface area (Å²) in [5, 5.41) is 10.5. The Morgan fingerprint density at radius 1 is 1.25 bits per heavy atom. The van der Waals surface area contributed by atoms with E-state index in [0.29, 0.717) is 24.5 Å². The molecule has 0 saturated heterocycles. The first kappa shape index (κ1) is 19.6. The minimum Gasteiger partial charge on any atom is -0.390 e. The highest BCUT2D eigenvalue weighted by Gasteiger charge is 2.26. The lowest BCUT2D eigenvalue weighted by molar-refractivity contribution is -0.0808. The summed E-state index contributed by atoms with van der Waals surface area (Å²) in [7, 11) is 0. The molecule has 1 aliphatic heterocycles. The minimum absolute atomic E-state index is 0.124. The summed E-state index contributed by atoms with van der Waals surface area (Å²) >= 11 is 3.69. The number of aliphatic hydroxyl groups is 1. The van der Waals surface area contributed by atoms with Crippen molar-refractivity contribution in [3.05, 3.63) is 48.0 Å². The molecule has 1 N–H and O–H groups in total. The normalized spacial score (nSPS) is 27.2. The predicted octanol–water partition coefficient (Wildman–Crippen LogP) is 4.62. The molecule has 0 bridgehead atoms. The van der Waals surface area contributed by atoms with Crippen LogP contribution in [0.5, 0.6) is 0 Å². The molecule has 4 heteroatoms. The standard InChI is InChI=1S/C20H29BrO3/c1-2-19-17(21)11-6-7-13-20(24-19)18(22)12-8-14-23-15-16-9-4-3-5-10-16/h3-7,9-10,17-20,22H,2,8,11-15H2,1H3/b7-6-/t17-,18+,19+,20+/m0/s1. The van der Waals surface area contributed by atoms with Gasteiger partial charge < -0.3 is 14.6 Å². The lowest BCUT2D eigenvalue weighted by atomic mass is 10.0. The van der Waals surface area contributed by atoms with Gasteiger partial charge in [0.2, 0.25) is 0 Å². The van der Waals surface area contributed by atoms with Gasteiger partial charge in [-0.15, -0.1) is 0 Å². The Morgan fingerprint density at radius 2 is 2.00 bits per heavy atom. The molecule has 0 amide bonds. The third-order valence-corrected chi connectivity index (χ3v) is 5.34. The highest BCUT2D eigenvalue weighted by Crippen LogP contribution is 2.24. The summed E-state index contributed by atoms with van der Waals surface area (Å²) in [5.41, 5.74) is 1.18. The molecule has 0 aromatic heterocycles. The third-order valence-electron chi connectivity index (χ3n) is 4.38. The third kappa shape index (κ3) is 6.67. The van der Waals surface area contributed by atoms with Crippen LogP contribution in [0.4, 0.5) is 0 Å². The summed E-state index contributed by atoms with van der Waals surface area (Å²) in [5.74, 6) is 0. The molecule has 1 heterocycles. The molecule has 0 radical (unpaired) electrons. The number of hydrogen-bond acceptors (Lipinski definition) is 3. The number of halogens is 1. The van der Waals surface area contributed by atoms with Crippen LogP contribution in [0.1, 0.15) is 44.6 Å². The highest BCUT2D eigenvalue weighted by molar-refractivity contribution is 9.09. The average molecular weight is 397 g/mol. The van der Waals surface area contributed by atoms with Gasteiger partial charge in [-0.05, 0) is 37.7 Å². The van der Waals surface area contributed by atoms with Gasteiger partial charge in [0, 0.05) is 11.4 Å². The van der Waals surface area contributed by atoms with Crippen LogP contribution in [0.2, 0.25) is 0 Å². The van der Waals surface area contributed by atoms with Crippen molar-refractivity contribution in [1.82, 2.24) is 0 Å². The minimum atomic E-state index is -0.443. The van der Waals surface area contributed by atoms with Gasteiger partial charge in [-0.25, -0.2) is 0 Å². The van der Waals surface area contributed by atoms with E-state index in [1.807, 2.05) is 18.2 Å². The summed E-state index contributed by atoms with van der Waals surface area (Å²) in [6.07, 6.45) is 8.16. The fourth-order valence-electron chi connectivity index (χ4n) is 2.92. The molecule has 1 aromatic rings. The van der Waals surface area contributed by atoms with Gasteiger partial charge in [0.25, 0.3) is 0 Å². The largest absolute Gasteiger partial charge is 0.390 e. The number of aliphatic hydroxyl groups excluding tert-OH is 1. The SMILES string of the molecule is CC[C@H]1O[C@@H]([C@H](O)CCCOCc2ccccc2)C/C=C\C[C@@H]1Br. The second-order valence-corrected chi connectivity index (χ2v) is 7.50. The Hall–Kier alpha value is -0.680. The molecule has 24 heavy (non-hydrogen) atoms. The zero-order chi connectivity index (χ0) is 17.2. The first-order chi connectivity index (χ1) is 11.7. The summed E-state index contributed by atoms with van der Waals surface area (Å²) < 4.78 is 11.8. The fraction of sp³-hybridized carbons (Fsp3) is 0.600. The van der Waals surface area contributed by atoms with Crippen molar-refractivity contribution in [1.29, 1.82) is 0 Å². The highest BCUT2D eigenvalue weighted by atomic mass is 79.9. The van der Waals surface area contributed by atoms with Gasteiger partial charge in [-0.2, -0.15) is 0 Å². The Balaban J connectivity index is 1.69. The maximum atomic E-state index is 10.5. The molecule has 4 atom stereocenters. The Bertz CT molecular complexity index is 477. The number of alkyl halides is 1. The quantitative estimate of drug-likeness (QED) is 0.395. The van der Waals surface area contributed by atoms with Gasteiger partial charge in [-0.3, -0.25) is 0 Å². The van der Waals surface area contributed by atoms with E-state index in [0.717, 1.165) is 25.7 Å². The molecule has 0 saturated carbocycles. The van der Waals surface area contributed by atoms with Crippen LogP contribution < -0.4 is 0 Å². The lowest BCUT2D eigenvalue weighted by Crippen LogP contribution is -2.37. The van der Waals surface area contributed by atoms with Crippen LogP contribution in [0.3, 0.4) is 0 Å². The van der Waals surface area contributed by atoms with E-state index in [-0.39, 0.29) is 12.2 Å². The van der Waals surface area contributed by atoms with Crippen LogP contribution in [0, 0.1) is 0 Å². The van der Waals surface area contributed by atoms with Crippen molar-refractivity contribution < 1.29 is 14.6 Å². The first-order valence-corrected chi connectivity index (χ1v) is 9.86. The van der Waals surface area contributed by atoms with Crippen molar-refractivity contribution in [2.24, 2.45) is 0 Å². The topological polar surface area (TPSA) is 38.7 Å². The van der Waals surface area contributed by atoms with E-state index in [9.17, 15) is 5.11 Å². The molecule has 1 aromatic carbocycles. The van der Waals surface area contributed by atoms with Gasteiger partial charge in [-0.1, -0.05) is 65.3 Å². The Kier molecular flexibility index (Phi) is 9.03. The van der Waals surface area contributed by atoms with E-state index in [1.54, 1.807) is 0 Å².